The molecule has 49 heavy (non-hydrogen) atoms. The van der Waals surface area contributed by atoms with E-state index >= 15 is 0 Å². The quantitative estimate of drug-likeness (QED) is 0.176. The fraction of sp³-hybridized carbons (Fsp3) is 0. The molecule has 2 aromatic heterocycles. The van der Waals surface area contributed by atoms with Crippen molar-refractivity contribution in [3.05, 3.63) is 158 Å². The Hall–Kier alpha value is -6.16. The Balaban J connectivity index is 1.08. The molecule has 0 aliphatic heterocycles. The first-order valence-corrected chi connectivity index (χ1v) is 17.5. The van der Waals surface area contributed by atoms with E-state index in [0.717, 1.165) is 22.5 Å². The van der Waals surface area contributed by atoms with Crippen LogP contribution in [0.3, 0.4) is 0 Å². The summed E-state index contributed by atoms with van der Waals surface area (Å²) in [4.78, 5) is 9.54. The van der Waals surface area contributed by atoms with E-state index in [4.69, 9.17) is 9.97 Å². The molecule has 0 radical (unpaired) electrons. The van der Waals surface area contributed by atoms with Gasteiger partial charge in [0.15, 0.2) is 0 Å². The Bertz CT molecular complexity index is 3140. The van der Waals surface area contributed by atoms with E-state index in [0.29, 0.717) is 0 Å². The van der Waals surface area contributed by atoms with E-state index in [1.54, 1.807) is 6.33 Å². The smallest absolute Gasteiger partial charge is 0.116 e. The summed E-state index contributed by atoms with van der Waals surface area (Å²) in [6.45, 7) is 0. The Morgan fingerprint density at radius 1 is 0.286 bits per heavy atom. The molecule has 2 heterocycles. The van der Waals surface area contributed by atoms with Crippen molar-refractivity contribution < 1.29 is 0 Å². The van der Waals surface area contributed by atoms with Gasteiger partial charge in [-0.2, -0.15) is 0 Å². The molecule has 2 nitrogen and oxygen atoms in total. The number of hydrogen-bond acceptors (Lipinski definition) is 3. The maximum absolute atomic E-state index is 4.78. The molecular formula is C46H26N2S. The third-order valence-corrected chi connectivity index (χ3v) is 11.5. The molecule has 11 aromatic rings. The third kappa shape index (κ3) is 3.94. The molecule has 0 fully saturated rings. The number of fused-ring (bicyclic) bond motifs is 15. The maximum Gasteiger partial charge on any atom is 0.116 e. The number of aromatic nitrogens is 2. The maximum atomic E-state index is 4.78. The monoisotopic (exact) mass is 638 g/mol. The van der Waals surface area contributed by atoms with Crippen molar-refractivity contribution in [2.45, 2.75) is 0 Å². The van der Waals surface area contributed by atoms with E-state index in [1.165, 1.54) is 84.8 Å². The lowest BCUT2D eigenvalue weighted by Gasteiger charge is -2.12. The minimum absolute atomic E-state index is 0.920. The van der Waals surface area contributed by atoms with Crippen molar-refractivity contribution in [2.75, 3.05) is 0 Å². The summed E-state index contributed by atoms with van der Waals surface area (Å²) in [5, 5.41) is 18.0. The highest BCUT2D eigenvalue weighted by molar-refractivity contribution is 7.25. The number of thiophene rings is 1. The van der Waals surface area contributed by atoms with Crippen LogP contribution >= 0.6 is 11.3 Å². The summed E-state index contributed by atoms with van der Waals surface area (Å²) in [6, 6.07) is 55.5. The molecule has 226 valence electrons. The molecule has 11 rings (SSSR count). The van der Waals surface area contributed by atoms with Crippen molar-refractivity contribution in [1.82, 2.24) is 9.97 Å². The summed E-state index contributed by atoms with van der Waals surface area (Å²) < 4.78 is 2.59. The molecule has 0 saturated heterocycles. The summed E-state index contributed by atoms with van der Waals surface area (Å²) in [7, 11) is 0. The number of nitrogens with zero attached hydrogens (tertiary/aromatic N) is 2. The Morgan fingerprint density at radius 3 is 1.20 bits per heavy atom. The molecule has 0 bridgehead atoms. The largest absolute Gasteiger partial charge is 0.236 e. The second-order valence-electron chi connectivity index (χ2n) is 12.9. The SMILES string of the molecule is c1ccc2c(c1)c1ccccc1c1cc(-c3cc(-c4ccc5sc6cc7c8ccccc8c8ccccc8c7cc6c5c4)ncn3)ccc21. The molecule has 0 aliphatic carbocycles. The zero-order valence-electron chi connectivity index (χ0n) is 26.3. The topological polar surface area (TPSA) is 25.8 Å². The zero-order chi connectivity index (χ0) is 32.1. The molecule has 0 saturated carbocycles. The lowest BCUT2D eigenvalue weighted by Crippen LogP contribution is -1.90. The van der Waals surface area contributed by atoms with Gasteiger partial charge in [0.2, 0.25) is 0 Å². The van der Waals surface area contributed by atoms with Gasteiger partial charge in [-0.3, -0.25) is 0 Å². The van der Waals surface area contributed by atoms with E-state index in [1.807, 2.05) is 11.3 Å². The highest BCUT2D eigenvalue weighted by atomic mass is 32.1. The van der Waals surface area contributed by atoms with Crippen molar-refractivity contribution in [3.63, 3.8) is 0 Å². The van der Waals surface area contributed by atoms with Gasteiger partial charge >= 0.3 is 0 Å². The van der Waals surface area contributed by atoms with Crippen molar-refractivity contribution >= 4 is 96.1 Å². The third-order valence-electron chi connectivity index (χ3n) is 10.3. The van der Waals surface area contributed by atoms with Crippen molar-refractivity contribution in [2.24, 2.45) is 0 Å². The Morgan fingerprint density at radius 2 is 0.673 bits per heavy atom. The molecule has 0 spiro atoms. The van der Waals surface area contributed by atoms with Gasteiger partial charge in [0, 0.05) is 31.3 Å². The zero-order valence-corrected chi connectivity index (χ0v) is 27.1. The van der Waals surface area contributed by atoms with Crippen LogP contribution in [0.15, 0.2) is 158 Å². The van der Waals surface area contributed by atoms with Gasteiger partial charge in [-0.25, -0.2) is 9.97 Å². The van der Waals surface area contributed by atoms with Gasteiger partial charge in [-0.1, -0.05) is 115 Å². The lowest BCUT2D eigenvalue weighted by molar-refractivity contribution is 1.18. The second kappa shape index (κ2) is 10.2. The molecular weight excluding hydrogens is 613 g/mol. The molecule has 0 aliphatic rings. The first-order chi connectivity index (χ1) is 24.3. The van der Waals surface area contributed by atoms with Gasteiger partial charge in [0.25, 0.3) is 0 Å². The number of rotatable bonds is 2. The predicted octanol–water partition coefficient (Wildman–Crippen LogP) is 13.1. The molecule has 0 atom stereocenters. The van der Waals surface area contributed by atoms with E-state index in [9.17, 15) is 0 Å². The van der Waals surface area contributed by atoms with Crippen LogP contribution in [-0.4, -0.2) is 9.97 Å². The van der Waals surface area contributed by atoms with Gasteiger partial charge in [0.1, 0.15) is 6.33 Å². The van der Waals surface area contributed by atoms with E-state index < -0.39 is 0 Å². The van der Waals surface area contributed by atoms with Crippen LogP contribution in [0.25, 0.3) is 107 Å². The summed E-state index contributed by atoms with van der Waals surface area (Å²) in [5.41, 5.74) is 4.02. The molecule has 0 unspecified atom stereocenters. The predicted molar refractivity (Wildman–Crippen MR) is 211 cm³/mol. The fourth-order valence-corrected chi connectivity index (χ4v) is 9.18. The van der Waals surface area contributed by atoms with Crippen molar-refractivity contribution in [3.8, 4) is 22.5 Å². The van der Waals surface area contributed by atoms with Crippen LogP contribution in [0.4, 0.5) is 0 Å². The second-order valence-corrected chi connectivity index (χ2v) is 14.0. The first-order valence-electron chi connectivity index (χ1n) is 16.6. The molecule has 9 aromatic carbocycles. The molecule has 0 N–H and O–H groups in total. The number of hydrogen-bond donors (Lipinski definition) is 0. The van der Waals surface area contributed by atoms with Crippen LogP contribution in [0.5, 0.6) is 0 Å². The minimum Gasteiger partial charge on any atom is -0.236 e. The molecule has 0 amide bonds. The normalized spacial score (nSPS) is 12.1. The van der Waals surface area contributed by atoms with Crippen LogP contribution in [0.2, 0.25) is 0 Å². The average molecular weight is 639 g/mol. The van der Waals surface area contributed by atoms with Crippen LogP contribution in [0, 0.1) is 0 Å². The standard InChI is InChI=1S/C46H26N2S/c1-2-13-33-29(9-1)30-10-3-6-14-34(30)38-21-27(17-19-37(33)38)43-25-44(48-26-47-43)28-18-20-45-41(22-28)42-23-39-35-15-7-4-11-31(35)32-12-5-8-16-36(32)40(39)24-46(42)49-45/h1-26H. The van der Waals surface area contributed by atoms with Crippen LogP contribution in [-0.2, 0) is 0 Å². The minimum atomic E-state index is 0.920. The highest BCUT2D eigenvalue weighted by Gasteiger charge is 2.15. The summed E-state index contributed by atoms with van der Waals surface area (Å²) in [6.07, 6.45) is 1.70. The lowest BCUT2D eigenvalue weighted by atomic mass is 9.92. The van der Waals surface area contributed by atoms with E-state index in [2.05, 4.69) is 152 Å². The van der Waals surface area contributed by atoms with E-state index in [-0.39, 0.29) is 0 Å². The molecule has 3 heteroatoms. The van der Waals surface area contributed by atoms with Gasteiger partial charge in [-0.05, 0) is 101 Å². The van der Waals surface area contributed by atoms with Crippen LogP contribution < -0.4 is 0 Å². The summed E-state index contributed by atoms with van der Waals surface area (Å²) in [5.74, 6) is 0. The van der Waals surface area contributed by atoms with Crippen LogP contribution in [0.1, 0.15) is 0 Å². The first kappa shape index (κ1) is 26.9. The van der Waals surface area contributed by atoms with Crippen molar-refractivity contribution in [1.29, 1.82) is 0 Å². The Labute approximate surface area is 285 Å². The number of benzene rings is 9. The Kier molecular flexibility index (Phi) is 5.57. The average Bonchev–Trinajstić information content (AvgIpc) is 3.54. The highest BCUT2D eigenvalue weighted by Crippen LogP contribution is 2.43. The van der Waals surface area contributed by atoms with Gasteiger partial charge < -0.3 is 0 Å². The fourth-order valence-electron chi connectivity index (χ4n) is 8.07. The summed E-state index contributed by atoms with van der Waals surface area (Å²) >= 11 is 1.86. The van der Waals surface area contributed by atoms with Gasteiger partial charge in [0.05, 0.1) is 11.4 Å². The van der Waals surface area contributed by atoms with Gasteiger partial charge in [-0.15, -0.1) is 11.3 Å².